The normalized spacial score (nSPS) is 11.4. The Kier molecular flexibility index (Phi) is 5.40. The van der Waals surface area contributed by atoms with Crippen molar-refractivity contribution in [2.75, 3.05) is 0 Å². The van der Waals surface area contributed by atoms with E-state index in [1.54, 1.807) is 0 Å². The monoisotopic (exact) mass is 252 g/mol. The highest BCUT2D eigenvalue weighted by Gasteiger charge is 2.23. The van der Waals surface area contributed by atoms with Gasteiger partial charge in [0.05, 0.1) is 0 Å². The molecule has 0 saturated carbocycles. The molecule has 0 saturated heterocycles. The van der Waals surface area contributed by atoms with Crippen LogP contribution in [0.5, 0.6) is 0 Å². The summed E-state index contributed by atoms with van der Waals surface area (Å²) in [5.74, 6) is 0. The van der Waals surface area contributed by atoms with Crippen molar-refractivity contribution in [3.05, 3.63) is 35.4 Å². The summed E-state index contributed by atoms with van der Waals surface area (Å²) < 4.78 is 0. The molecule has 1 rings (SSSR count). The van der Waals surface area contributed by atoms with Crippen LogP contribution in [-0.2, 0) is 10.8 Å². The highest BCUT2D eigenvalue weighted by Crippen LogP contribution is 2.33. The zero-order chi connectivity index (χ0) is 14.6. The lowest BCUT2D eigenvalue weighted by molar-refractivity contribution is 0.137. The molecule has 3 nitrogen and oxygen atoms in total. The van der Waals surface area contributed by atoms with Crippen molar-refractivity contribution < 1.29 is 15.0 Å². The van der Waals surface area contributed by atoms with E-state index < -0.39 is 6.16 Å². The zero-order valence-electron chi connectivity index (χ0n) is 12.1. The van der Waals surface area contributed by atoms with E-state index in [2.05, 4.69) is 65.8 Å². The van der Waals surface area contributed by atoms with Crippen LogP contribution in [0, 0.1) is 0 Å². The predicted octanol–water partition coefficient (Wildman–Crippen LogP) is 4.50. The minimum atomic E-state index is -1.83. The number of hydrogen-bond donors (Lipinski definition) is 2. The molecule has 0 fully saturated rings. The molecule has 0 radical (unpaired) electrons. The predicted molar refractivity (Wildman–Crippen MR) is 74.5 cm³/mol. The quantitative estimate of drug-likeness (QED) is 0.714. The standard InChI is InChI=1S/C14H22.CH2O3/c1-13(2,3)11-9-7-8-10-12(11)14(4,5)6;2-1(3)4/h7-10H,1-6H3;(H2,2,3,4). The lowest BCUT2D eigenvalue weighted by Gasteiger charge is -2.29. The van der Waals surface area contributed by atoms with E-state index in [1.165, 1.54) is 11.1 Å². The van der Waals surface area contributed by atoms with Crippen LogP contribution in [0.15, 0.2) is 24.3 Å². The fourth-order valence-corrected chi connectivity index (χ4v) is 1.79. The van der Waals surface area contributed by atoms with Crippen molar-refractivity contribution in [3.8, 4) is 0 Å². The van der Waals surface area contributed by atoms with Crippen molar-refractivity contribution >= 4 is 6.16 Å². The maximum atomic E-state index is 8.56. The smallest absolute Gasteiger partial charge is 0.450 e. The van der Waals surface area contributed by atoms with Crippen LogP contribution in [0.4, 0.5) is 4.79 Å². The number of carboxylic acid groups (broad SMARTS) is 2. The van der Waals surface area contributed by atoms with Gasteiger partial charge < -0.3 is 10.2 Å². The van der Waals surface area contributed by atoms with Gasteiger partial charge in [0.1, 0.15) is 0 Å². The van der Waals surface area contributed by atoms with Crippen LogP contribution in [-0.4, -0.2) is 16.4 Å². The molecule has 0 atom stereocenters. The van der Waals surface area contributed by atoms with Gasteiger partial charge in [-0.3, -0.25) is 0 Å². The van der Waals surface area contributed by atoms with E-state index in [0.29, 0.717) is 0 Å². The van der Waals surface area contributed by atoms with Gasteiger partial charge in [0.25, 0.3) is 0 Å². The molecule has 0 bridgehead atoms. The number of rotatable bonds is 0. The van der Waals surface area contributed by atoms with Crippen LogP contribution in [0.25, 0.3) is 0 Å². The van der Waals surface area contributed by atoms with Crippen molar-refractivity contribution in [2.45, 2.75) is 52.4 Å². The number of hydrogen-bond acceptors (Lipinski definition) is 1. The summed E-state index contributed by atoms with van der Waals surface area (Å²) in [6.45, 7) is 13.7. The van der Waals surface area contributed by atoms with Crippen LogP contribution >= 0.6 is 0 Å². The third-order valence-corrected chi connectivity index (χ3v) is 2.54. The first-order chi connectivity index (χ1) is 7.96. The fraction of sp³-hybridized carbons (Fsp3) is 0.533. The Morgan fingerprint density at radius 2 is 1.06 bits per heavy atom. The van der Waals surface area contributed by atoms with Gasteiger partial charge in [-0.15, -0.1) is 0 Å². The first-order valence-corrected chi connectivity index (χ1v) is 5.98. The van der Waals surface area contributed by atoms with Crippen LogP contribution in [0.3, 0.4) is 0 Å². The summed E-state index contributed by atoms with van der Waals surface area (Å²) >= 11 is 0. The third kappa shape index (κ3) is 5.71. The molecule has 0 aliphatic heterocycles. The SMILES string of the molecule is CC(C)(C)c1ccccc1C(C)(C)C.O=C(O)O. The van der Waals surface area contributed by atoms with E-state index in [1.807, 2.05) is 0 Å². The second-order valence-electron chi connectivity index (χ2n) is 6.33. The summed E-state index contributed by atoms with van der Waals surface area (Å²) in [6.07, 6.45) is -1.83. The van der Waals surface area contributed by atoms with Crippen molar-refractivity contribution in [3.63, 3.8) is 0 Å². The molecular formula is C15H24O3. The molecule has 0 spiro atoms. The Hall–Kier alpha value is -1.51. The molecule has 0 unspecified atom stereocenters. The summed E-state index contributed by atoms with van der Waals surface area (Å²) in [6, 6.07) is 8.77. The number of carbonyl (C=O) groups is 1. The van der Waals surface area contributed by atoms with Crippen LogP contribution < -0.4 is 0 Å². The minimum Gasteiger partial charge on any atom is -0.450 e. The van der Waals surface area contributed by atoms with E-state index in [9.17, 15) is 0 Å². The topological polar surface area (TPSA) is 57.5 Å². The number of benzene rings is 1. The van der Waals surface area contributed by atoms with Gasteiger partial charge in [-0.25, -0.2) is 4.79 Å². The van der Waals surface area contributed by atoms with E-state index >= 15 is 0 Å². The third-order valence-electron chi connectivity index (χ3n) is 2.54. The van der Waals surface area contributed by atoms with Crippen molar-refractivity contribution in [1.82, 2.24) is 0 Å². The Morgan fingerprint density at radius 3 is 1.22 bits per heavy atom. The van der Waals surface area contributed by atoms with Crippen LogP contribution in [0.1, 0.15) is 52.7 Å². The lowest BCUT2D eigenvalue weighted by atomic mass is 9.75. The van der Waals surface area contributed by atoms with Gasteiger partial charge in [0.15, 0.2) is 0 Å². The van der Waals surface area contributed by atoms with E-state index in [4.69, 9.17) is 15.0 Å². The molecule has 0 amide bonds. The molecule has 1 aromatic carbocycles. The Balaban J connectivity index is 0.000000631. The van der Waals surface area contributed by atoms with Crippen molar-refractivity contribution in [2.24, 2.45) is 0 Å². The van der Waals surface area contributed by atoms with Gasteiger partial charge in [0, 0.05) is 0 Å². The molecule has 1 aromatic rings. The molecule has 0 aromatic heterocycles. The fourth-order valence-electron chi connectivity index (χ4n) is 1.79. The van der Waals surface area contributed by atoms with Gasteiger partial charge in [-0.2, -0.15) is 0 Å². The first kappa shape index (κ1) is 16.5. The maximum Gasteiger partial charge on any atom is 0.503 e. The largest absolute Gasteiger partial charge is 0.503 e. The molecule has 18 heavy (non-hydrogen) atoms. The second kappa shape index (κ2) is 5.89. The van der Waals surface area contributed by atoms with Gasteiger partial charge in [-0.05, 0) is 22.0 Å². The van der Waals surface area contributed by atoms with Crippen molar-refractivity contribution in [1.29, 1.82) is 0 Å². The molecule has 0 heterocycles. The van der Waals surface area contributed by atoms with Crippen LogP contribution in [0.2, 0.25) is 0 Å². The highest BCUT2D eigenvalue weighted by atomic mass is 16.6. The van der Waals surface area contributed by atoms with Gasteiger partial charge >= 0.3 is 6.16 Å². The first-order valence-electron chi connectivity index (χ1n) is 5.98. The molecule has 0 aliphatic carbocycles. The molecule has 3 heteroatoms. The minimum absolute atomic E-state index is 0.240. The summed E-state index contributed by atoms with van der Waals surface area (Å²) in [5.41, 5.74) is 3.41. The average Bonchev–Trinajstić information content (AvgIpc) is 2.14. The van der Waals surface area contributed by atoms with Gasteiger partial charge in [0.2, 0.25) is 0 Å². The van der Waals surface area contributed by atoms with E-state index in [-0.39, 0.29) is 10.8 Å². The summed E-state index contributed by atoms with van der Waals surface area (Å²) in [7, 11) is 0. The Morgan fingerprint density at radius 1 is 0.833 bits per heavy atom. The maximum absolute atomic E-state index is 8.56. The molecular weight excluding hydrogens is 228 g/mol. The average molecular weight is 252 g/mol. The van der Waals surface area contributed by atoms with Gasteiger partial charge in [-0.1, -0.05) is 65.8 Å². The Bertz CT molecular complexity index is 358. The zero-order valence-corrected chi connectivity index (χ0v) is 12.1. The summed E-state index contributed by atoms with van der Waals surface area (Å²) in [4.78, 5) is 8.56. The second-order valence-corrected chi connectivity index (χ2v) is 6.33. The molecule has 102 valence electrons. The lowest BCUT2D eigenvalue weighted by Crippen LogP contribution is -2.21. The molecule has 2 N–H and O–H groups in total. The Labute approximate surface area is 109 Å². The molecule has 0 aliphatic rings. The van der Waals surface area contributed by atoms with E-state index in [0.717, 1.165) is 0 Å². The summed E-state index contributed by atoms with van der Waals surface area (Å²) in [5, 5.41) is 13.9. The highest BCUT2D eigenvalue weighted by molar-refractivity contribution is 5.53.